The number of amides is 1. The van der Waals surface area contributed by atoms with Gasteiger partial charge in [0, 0.05) is 24.0 Å². The average Bonchev–Trinajstić information content (AvgIpc) is 3.52. The first-order chi connectivity index (χ1) is 15.3. The van der Waals surface area contributed by atoms with E-state index in [9.17, 15) is 4.79 Å². The molecule has 1 aliphatic rings. The van der Waals surface area contributed by atoms with Gasteiger partial charge >= 0.3 is 0 Å². The first-order valence-corrected chi connectivity index (χ1v) is 11.2. The molecule has 2 aromatic carbocycles. The Labute approximate surface area is 184 Å². The monoisotopic (exact) mass is 431 g/mol. The molecule has 1 unspecified atom stereocenters. The number of para-hydroxylation sites is 2. The highest BCUT2D eigenvalue weighted by Crippen LogP contribution is 2.31. The molecule has 0 N–H and O–H groups in total. The van der Waals surface area contributed by atoms with Crippen molar-refractivity contribution in [3.05, 3.63) is 82.9 Å². The highest BCUT2D eigenvalue weighted by Gasteiger charge is 2.30. The van der Waals surface area contributed by atoms with Crippen LogP contribution >= 0.6 is 11.3 Å². The Morgan fingerprint density at radius 2 is 1.90 bits per heavy atom. The fourth-order valence-electron chi connectivity index (χ4n) is 3.78. The number of hydrogen-bond acceptors (Lipinski definition) is 6. The first kappa shape index (κ1) is 19.5. The molecule has 0 aliphatic carbocycles. The van der Waals surface area contributed by atoms with Crippen molar-refractivity contribution in [2.75, 3.05) is 13.1 Å². The van der Waals surface area contributed by atoms with E-state index in [0.717, 1.165) is 18.4 Å². The van der Waals surface area contributed by atoms with E-state index < -0.39 is 0 Å². The molecule has 2 aromatic heterocycles. The van der Waals surface area contributed by atoms with Crippen molar-refractivity contribution in [3.63, 3.8) is 0 Å². The number of nitrogens with zero attached hydrogens (tertiary/aromatic N) is 3. The summed E-state index contributed by atoms with van der Waals surface area (Å²) in [6.07, 6.45) is 1.80. The van der Waals surface area contributed by atoms with E-state index in [0.29, 0.717) is 41.9 Å². The smallest absolute Gasteiger partial charge is 0.257 e. The Balaban J connectivity index is 1.33. The van der Waals surface area contributed by atoms with Crippen molar-refractivity contribution in [2.24, 2.45) is 0 Å². The second-order valence-electron chi connectivity index (χ2n) is 7.46. The van der Waals surface area contributed by atoms with Crippen LogP contribution in [0.3, 0.4) is 0 Å². The number of piperidine rings is 1. The number of rotatable bonds is 5. The Bertz CT molecular complexity index is 1160. The molecule has 1 aliphatic heterocycles. The molecule has 156 valence electrons. The van der Waals surface area contributed by atoms with Gasteiger partial charge in [-0.05, 0) is 48.6 Å². The second kappa shape index (κ2) is 8.73. The van der Waals surface area contributed by atoms with Gasteiger partial charge in [-0.3, -0.25) is 4.79 Å². The van der Waals surface area contributed by atoms with E-state index in [1.807, 2.05) is 76.3 Å². The van der Waals surface area contributed by atoms with Crippen molar-refractivity contribution >= 4 is 17.2 Å². The molecule has 1 fully saturated rings. The maximum Gasteiger partial charge on any atom is 0.257 e. The third-order valence-corrected chi connectivity index (χ3v) is 6.04. The lowest BCUT2D eigenvalue weighted by atomic mass is 9.97. The number of aromatic nitrogens is 2. The molecule has 0 bridgehead atoms. The zero-order chi connectivity index (χ0) is 21.0. The summed E-state index contributed by atoms with van der Waals surface area (Å²) in [5, 5.41) is 12.4. The maximum atomic E-state index is 13.4. The third kappa shape index (κ3) is 4.22. The summed E-state index contributed by atoms with van der Waals surface area (Å²) >= 11 is 1.59. The van der Waals surface area contributed by atoms with E-state index >= 15 is 0 Å². The van der Waals surface area contributed by atoms with Crippen LogP contribution in [0.4, 0.5) is 0 Å². The minimum absolute atomic E-state index is 0.0276. The van der Waals surface area contributed by atoms with Gasteiger partial charge in [-0.25, -0.2) is 0 Å². The van der Waals surface area contributed by atoms with Crippen LogP contribution < -0.4 is 4.74 Å². The van der Waals surface area contributed by atoms with Gasteiger partial charge in [0.05, 0.1) is 11.5 Å². The van der Waals surface area contributed by atoms with E-state index in [4.69, 9.17) is 9.15 Å². The normalized spacial score (nSPS) is 16.3. The largest absolute Gasteiger partial charge is 0.457 e. The van der Waals surface area contributed by atoms with Crippen LogP contribution in [0.1, 0.15) is 35.0 Å². The van der Waals surface area contributed by atoms with Crippen LogP contribution in [0.25, 0.3) is 11.5 Å². The lowest BCUT2D eigenvalue weighted by Crippen LogP contribution is -2.39. The molecule has 1 amide bonds. The molecule has 0 saturated carbocycles. The predicted octanol–water partition coefficient (Wildman–Crippen LogP) is 5.61. The van der Waals surface area contributed by atoms with Crippen molar-refractivity contribution in [3.8, 4) is 23.0 Å². The van der Waals surface area contributed by atoms with Crippen LogP contribution in [0.2, 0.25) is 0 Å². The molecular formula is C24H21N3O3S. The summed E-state index contributed by atoms with van der Waals surface area (Å²) in [7, 11) is 0. The molecular weight excluding hydrogens is 410 g/mol. The van der Waals surface area contributed by atoms with Gasteiger partial charge < -0.3 is 14.1 Å². The van der Waals surface area contributed by atoms with E-state index in [1.54, 1.807) is 11.3 Å². The fraction of sp³-hybridized carbons (Fsp3) is 0.208. The third-order valence-electron chi connectivity index (χ3n) is 5.36. The van der Waals surface area contributed by atoms with Gasteiger partial charge in [0.15, 0.2) is 0 Å². The molecule has 1 atom stereocenters. The molecule has 6 nitrogen and oxygen atoms in total. The van der Waals surface area contributed by atoms with Crippen LogP contribution in [0.15, 0.2) is 75.8 Å². The van der Waals surface area contributed by atoms with Crippen molar-refractivity contribution in [1.29, 1.82) is 0 Å². The molecule has 31 heavy (non-hydrogen) atoms. The van der Waals surface area contributed by atoms with Gasteiger partial charge in [0.2, 0.25) is 11.8 Å². The van der Waals surface area contributed by atoms with Crippen molar-refractivity contribution in [1.82, 2.24) is 15.1 Å². The average molecular weight is 432 g/mol. The Kier molecular flexibility index (Phi) is 5.50. The Hall–Kier alpha value is -3.45. The summed E-state index contributed by atoms with van der Waals surface area (Å²) < 4.78 is 11.9. The van der Waals surface area contributed by atoms with E-state index in [1.165, 1.54) is 0 Å². The number of ether oxygens (including phenoxy) is 1. The SMILES string of the molecule is O=C(c1ccccc1Oc1ccccc1)N1CCCC(c2nnc(-c3ccsc3)o2)C1. The maximum absolute atomic E-state index is 13.4. The first-order valence-electron chi connectivity index (χ1n) is 10.2. The molecule has 5 rings (SSSR count). The molecule has 0 radical (unpaired) electrons. The standard InChI is InChI=1S/C24H21N3O3S/c28-24(20-10-4-5-11-21(20)29-19-8-2-1-3-9-19)27-13-6-7-17(15-27)22-25-26-23(30-22)18-12-14-31-16-18/h1-5,8-12,14,16-17H,6-7,13,15H2. The van der Waals surface area contributed by atoms with Gasteiger partial charge in [0.1, 0.15) is 11.5 Å². The Morgan fingerprint density at radius 1 is 1.06 bits per heavy atom. The summed E-state index contributed by atoms with van der Waals surface area (Å²) in [5.41, 5.74) is 1.48. The molecule has 3 heterocycles. The zero-order valence-electron chi connectivity index (χ0n) is 16.8. The minimum atomic E-state index is -0.0474. The van der Waals surface area contributed by atoms with Crippen LogP contribution in [0, 0.1) is 0 Å². The van der Waals surface area contributed by atoms with E-state index in [2.05, 4.69) is 10.2 Å². The van der Waals surface area contributed by atoms with E-state index in [-0.39, 0.29) is 11.8 Å². The summed E-state index contributed by atoms with van der Waals surface area (Å²) in [6, 6.07) is 18.8. The number of likely N-dealkylation sites (tertiary alicyclic amines) is 1. The number of thiophene rings is 1. The Morgan fingerprint density at radius 3 is 2.74 bits per heavy atom. The lowest BCUT2D eigenvalue weighted by Gasteiger charge is -2.31. The highest BCUT2D eigenvalue weighted by atomic mass is 32.1. The van der Waals surface area contributed by atoms with Crippen LogP contribution in [-0.2, 0) is 0 Å². The summed E-state index contributed by atoms with van der Waals surface area (Å²) in [5.74, 6) is 2.35. The second-order valence-corrected chi connectivity index (χ2v) is 8.24. The van der Waals surface area contributed by atoms with Gasteiger partial charge in [-0.15, -0.1) is 10.2 Å². The minimum Gasteiger partial charge on any atom is -0.457 e. The van der Waals surface area contributed by atoms with Crippen molar-refractivity contribution in [2.45, 2.75) is 18.8 Å². The predicted molar refractivity (Wildman–Crippen MR) is 118 cm³/mol. The van der Waals surface area contributed by atoms with Gasteiger partial charge in [-0.1, -0.05) is 30.3 Å². The number of carbonyl (C=O) groups is 1. The lowest BCUT2D eigenvalue weighted by molar-refractivity contribution is 0.0696. The number of benzene rings is 2. The molecule has 0 spiro atoms. The quantitative estimate of drug-likeness (QED) is 0.411. The molecule has 1 saturated heterocycles. The fourth-order valence-corrected chi connectivity index (χ4v) is 4.41. The van der Waals surface area contributed by atoms with Crippen molar-refractivity contribution < 1.29 is 13.9 Å². The molecule has 7 heteroatoms. The van der Waals surface area contributed by atoms with Gasteiger partial charge in [0.25, 0.3) is 5.91 Å². The summed E-state index contributed by atoms with van der Waals surface area (Å²) in [6.45, 7) is 1.24. The highest BCUT2D eigenvalue weighted by molar-refractivity contribution is 7.08. The molecule has 4 aromatic rings. The van der Waals surface area contributed by atoms with Crippen LogP contribution in [0.5, 0.6) is 11.5 Å². The van der Waals surface area contributed by atoms with Crippen LogP contribution in [-0.4, -0.2) is 34.1 Å². The number of carbonyl (C=O) groups excluding carboxylic acids is 1. The number of hydrogen-bond donors (Lipinski definition) is 0. The topological polar surface area (TPSA) is 68.5 Å². The van der Waals surface area contributed by atoms with Gasteiger partial charge in [-0.2, -0.15) is 11.3 Å². The summed E-state index contributed by atoms with van der Waals surface area (Å²) in [4.78, 5) is 15.2. The zero-order valence-corrected chi connectivity index (χ0v) is 17.6.